The first kappa shape index (κ1) is 20.7. The summed E-state index contributed by atoms with van der Waals surface area (Å²) in [6, 6.07) is 41.8. The Kier molecular flexibility index (Phi) is 4.01. The van der Waals surface area contributed by atoms with Crippen LogP contribution in [0.1, 0.15) is 40.4 Å². The van der Waals surface area contributed by atoms with Gasteiger partial charge in [0, 0.05) is 21.6 Å². The van der Waals surface area contributed by atoms with E-state index in [1.807, 2.05) is 0 Å². The minimum absolute atomic E-state index is 0.339. The molecule has 5 aromatic carbocycles. The molecule has 0 aliphatic heterocycles. The summed E-state index contributed by atoms with van der Waals surface area (Å²) in [5.74, 6) is 1.32. The molecule has 0 amide bonds. The van der Waals surface area contributed by atoms with Crippen molar-refractivity contribution in [3.8, 4) is 11.3 Å². The SMILES string of the molecule is c1ccc2c(c1)C1CC2(c2nc(-c3cccc4ccccc34)c3sc4ccccc4c3n2)c2ccccc21. The highest BCUT2D eigenvalue weighted by molar-refractivity contribution is 7.26. The van der Waals surface area contributed by atoms with Crippen molar-refractivity contribution in [1.29, 1.82) is 0 Å². The topological polar surface area (TPSA) is 25.8 Å². The lowest BCUT2D eigenvalue weighted by atomic mass is 9.74. The zero-order valence-electron chi connectivity index (χ0n) is 20.6. The quantitative estimate of drug-likeness (QED) is 0.236. The van der Waals surface area contributed by atoms with Crippen molar-refractivity contribution in [2.75, 3.05) is 0 Å². The van der Waals surface area contributed by atoms with E-state index in [0.717, 1.165) is 28.2 Å². The van der Waals surface area contributed by atoms with Gasteiger partial charge in [0.2, 0.25) is 0 Å². The van der Waals surface area contributed by atoms with Crippen LogP contribution in [-0.4, -0.2) is 9.97 Å². The van der Waals surface area contributed by atoms with Gasteiger partial charge < -0.3 is 0 Å². The van der Waals surface area contributed by atoms with Crippen LogP contribution in [0.4, 0.5) is 0 Å². The maximum Gasteiger partial charge on any atom is 0.144 e. The van der Waals surface area contributed by atoms with Crippen molar-refractivity contribution < 1.29 is 0 Å². The van der Waals surface area contributed by atoms with Crippen LogP contribution in [0.2, 0.25) is 0 Å². The Morgan fingerprint density at radius 3 is 2.11 bits per heavy atom. The Labute approximate surface area is 224 Å². The molecule has 0 saturated heterocycles. The third-order valence-electron chi connectivity index (χ3n) is 8.75. The third kappa shape index (κ3) is 2.52. The lowest BCUT2D eigenvalue weighted by Gasteiger charge is -2.30. The first-order valence-corrected chi connectivity index (χ1v) is 14.0. The van der Waals surface area contributed by atoms with E-state index in [4.69, 9.17) is 9.97 Å². The van der Waals surface area contributed by atoms with E-state index in [1.165, 1.54) is 48.7 Å². The Balaban J connectivity index is 1.44. The fourth-order valence-electron chi connectivity index (χ4n) is 7.17. The molecule has 2 bridgehead atoms. The highest BCUT2D eigenvalue weighted by Crippen LogP contribution is 2.62. The Morgan fingerprint density at radius 1 is 0.632 bits per heavy atom. The molecule has 0 atom stereocenters. The standard InChI is InChI=1S/C35H22N2S/c1-2-12-22-21(10-1)11-9-16-25(22)31-33-32(26-15-5-8-19-30(26)38-33)37-34(36-31)35-20-27(23-13-3-6-17-28(23)35)24-14-4-7-18-29(24)35/h1-19,27H,20H2. The molecule has 0 N–H and O–H groups in total. The fourth-order valence-corrected chi connectivity index (χ4v) is 8.31. The molecule has 178 valence electrons. The monoisotopic (exact) mass is 502 g/mol. The molecule has 9 rings (SSSR count). The molecule has 0 radical (unpaired) electrons. The molecule has 2 nitrogen and oxygen atoms in total. The van der Waals surface area contributed by atoms with Crippen molar-refractivity contribution >= 4 is 42.4 Å². The van der Waals surface area contributed by atoms with Gasteiger partial charge in [0.05, 0.1) is 21.3 Å². The van der Waals surface area contributed by atoms with Crippen LogP contribution in [0.5, 0.6) is 0 Å². The predicted molar refractivity (Wildman–Crippen MR) is 157 cm³/mol. The maximum atomic E-state index is 5.57. The van der Waals surface area contributed by atoms with Crippen molar-refractivity contribution in [3.63, 3.8) is 0 Å². The van der Waals surface area contributed by atoms with E-state index in [2.05, 4.69) is 115 Å². The van der Waals surface area contributed by atoms with Crippen LogP contribution in [0.25, 0.3) is 42.3 Å². The van der Waals surface area contributed by atoms with Crippen molar-refractivity contribution in [2.45, 2.75) is 17.8 Å². The number of fused-ring (bicyclic) bond motifs is 12. The number of hydrogen-bond acceptors (Lipinski definition) is 3. The number of aromatic nitrogens is 2. The molecule has 2 heterocycles. The number of hydrogen-bond donors (Lipinski definition) is 0. The van der Waals surface area contributed by atoms with Gasteiger partial charge in [-0.1, -0.05) is 109 Å². The van der Waals surface area contributed by atoms with Gasteiger partial charge >= 0.3 is 0 Å². The molecule has 3 heteroatoms. The zero-order valence-corrected chi connectivity index (χ0v) is 21.4. The summed E-state index contributed by atoms with van der Waals surface area (Å²) in [6.45, 7) is 0. The Morgan fingerprint density at radius 2 is 1.29 bits per heavy atom. The van der Waals surface area contributed by atoms with E-state index >= 15 is 0 Å². The molecule has 0 unspecified atom stereocenters. The number of thiophene rings is 1. The van der Waals surface area contributed by atoms with E-state index < -0.39 is 0 Å². The molecule has 7 aromatic rings. The maximum absolute atomic E-state index is 5.57. The molecule has 0 spiro atoms. The normalized spacial score (nSPS) is 19.3. The molecule has 0 fully saturated rings. The summed E-state index contributed by atoms with van der Waals surface area (Å²) in [5.41, 5.74) is 8.54. The molecular weight excluding hydrogens is 480 g/mol. The number of rotatable bonds is 2. The molecule has 38 heavy (non-hydrogen) atoms. The summed E-state index contributed by atoms with van der Waals surface area (Å²) >= 11 is 1.81. The predicted octanol–water partition coefficient (Wildman–Crippen LogP) is 8.85. The van der Waals surface area contributed by atoms with E-state index in [1.54, 1.807) is 11.3 Å². The van der Waals surface area contributed by atoms with Crippen LogP contribution < -0.4 is 0 Å². The van der Waals surface area contributed by atoms with Crippen LogP contribution in [0.15, 0.2) is 115 Å². The second kappa shape index (κ2) is 7.37. The molecule has 2 aliphatic carbocycles. The summed E-state index contributed by atoms with van der Waals surface area (Å²) < 4.78 is 2.42. The average molecular weight is 503 g/mol. The summed E-state index contributed by atoms with van der Waals surface area (Å²) in [6.07, 6.45) is 0.994. The van der Waals surface area contributed by atoms with Gasteiger partial charge in [-0.05, 0) is 45.5 Å². The average Bonchev–Trinajstić information content (AvgIpc) is 3.65. The minimum Gasteiger partial charge on any atom is -0.230 e. The first-order chi connectivity index (χ1) is 18.8. The zero-order chi connectivity index (χ0) is 24.8. The first-order valence-electron chi connectivity index (χ1n) is 13.2. The Bertz CT molecular complexity index is 2030. The van der Waals surface area contributed by atoms with E-state index in [9.17, 15) is 0 Å². The minimum atomic E-state index is -0.339. The van der Waals surface area contributed by atoms with E-state index in [-0.39, 0.29) is 5.41 Å². The van der Waals surface area contributed by atoms with Crippen molar-refractivity contribution in [3.05, 3.63) is 143 Å². The van der Waals surface area contributed by atoms with E-state index in [0.29, 0.717) is 5.92 Å². The van der Waals surface area contributed by atoms with Gasteiger partial charge in [-0.25, -0.2) is 9.97 Å². The third-order valence-corrected chi connectivity index (χ3v) is 9.92. The highest BCUT2D eigenvalue weighted by atomic mass is 32.1. The number of benzene rings is 5. The van der Waals surface area contributed by atoms with Gasteiger partial charge in [-0.3, -0.25) is 0 Å². The Hall–Kier alpha value is -4.34. The number of nitrogens with zero attached hydrogens (tertiary/aromatic N) is 2. The fraction of sp³-hybridized carbons (Fsp3) is 0.0857. The van der Waals surface area contributed by atoms with Crippen molar-refractivity contribution in [1.82, 2.24) is 9.97 Å². The van der Waals surface area contributed by atoms with Crippen LogP contribution >= 0.6 is 11.3 Å². The summed E-state index contributed by atoms with van der Waals surface area (Å²) in [4.78, 5) is 11.0. The largest absolute Gasteiger partial charge is 0.230 e. The smallest absolute Gasteiger partial charge is 0.144 e. The highest BCUT2D eigenvalue weighted by Gasteiger charge is 2.55. The second-order valence-corrected chi connectivity index (χ2v) is 11.6. The van der Waals surface area contributed by atoms with Gasteiger partial charge in [-0.2, -0.15) is 0 Å². The molecule has 0 saturated carbocycles. The van der Waals surface area contributed by atoms with Gasteiger partial charge in [-0.15, -0.1) is 11.3 Å². The lowest BCUT2D eigenvalue weighted by molar-refractivity contribution is 0.594. The molecular formula is C35H22N2S. The molecule has 2 aromatic heterocycles. The van der Waals surface area contributed by atoms with Gasteiger partial charge in [0.15, 0.2) is 0 Å². The summed E-state index contributed by atoms with van der Waals surface area (Å²) in [5, 5.41) is 3.67. The van der Waals surface area contributed by atoms with Gasteiger partial charge in [0.25, 0.3) is 0 Å². The molecule has 2 aliphatic rings. The van der Waals surface area contributed by atoms with Crippen LogP contribution in [0, 0.1) is 0 Å². The second-order valence-electron chi connectivity index (χ2n) is 10.5. The van der Waals surface area contributed by atoms with Gasteiger partial charge in [0.1, 0.15) is 5.82 Å². The van der Waals surface area contributed by atoms with Crippen LogP contribution in [0.3, 0.4) is 0 Å². The lowest BCUT2D eigenvalue weighted by Crippen LogP contribution is -2.28. The van der Waals surface area contributed by atoms with Crippen molar-refractivity contribution in [2.24, 2.45) is 0 Å². The van der Waals surface area contributed by atoms with Crippen LogP contribution in [-0.2, 0) is 5.41 Å². The summed E-state index contributed by atoms with van der Waals surface area (Å²) in [7, 11) is 0.